The number of morpholine rings is 1. The van der Waals surface area contributed by atoms with E-state index in [-0.39, 0.29) is 5.91 Å². The van der Waals surface area contributed by atoms with Crippen LogP contribution in [0, 0.1) is 0 Å². The lowest BCUT2D eigenvalue weighted by Crippen LogP contribution is -2.39. The van der Waals surface area contributed by atoms with E-state index in [2.05, 4.69) is 15.7 Å². The Kier molecular flexibility index (Phi) is 7.81. The van der Waals surface area contributed by atoms with Gasteiger partial charge in [-0.05, 0) is 26.0 Å². The number of nitrogens with one attached hydrogen (secondary N) is 2. The third kappa shape index (κ3) is 5.67. The molecule has 1 aliphatic rings. The van der Waals surface area contributed by atoms with Crippen LogP contribution in [-0.2, 0) is 9.57 Å². The second-order valence-electron chi connectivity index (χ2n) is 5.39. The monoisotopic (exact) mass is 337 g/mol. The van der Waals surface area contributed by atoms with Crippen LogP contribution in [0.1, 0.15) is 24.2 Å². The predicted octanol–water partition coefficient (Wildman–Crippen LogP) is 1.51. The van der Waals surface area contributed by atoms with E-state index in [1.807, 2.05) is 19.9 Å². The number of nitrogens with zero attached hydrogens (tertiary/aromatic N) is 1. The second-order valence-corrected chi connectivity index (χ2v) is 5.39. The Morgan fingerprint density at radius 3 is 2.75 bits per heavy atom. The van der Waals surface area contributed by atoms with Crippen molar-refractivity contribution in [2.24, 2.45) is 0 Å². The molecule has 0 unspecified atom stereocenters. The number of rotatable bonds is 9. The predicted molar refractivity (Wildman–Crippen MR) is 92.5 cm³/mol. The molecule has 7 heteroatoms. The van der Waals surface area contributed by atoms with Gasteiger partial charge < -0.3 is 14.8 Å². The molecule has 24 heavy (non-hydrogen) atoms. The Morgan fingerprint density at radius 1 is 1.25 bits per heavy atom. The molecule has 1 aromatic carbocycles. The van der Waals surface area contributed by atoms with Crippen molar-refractivity contribution in [2.45, 2.75) is 13.8 Å². The molecule has 7 nitrogen and oxygen atoms in total. The lowest BCUT2D eigenvalue weighted by Gasteiger charge is -2.26. The molecule has 1 amide bonds. The highest BCUT2D eigenvalue weighted by Crippen LogP contribution is 2.23. The lowest BCUT2D eigenvalue weighted by atomic mass is 10.1. The van der Waals surface area contributed by atoms with Crippen molar-refractivity contribution in [3.63, 3.8) is 0 Å². The average molecular weight is 337 g/mol. The first-order valence-corrected chi connectivity index (χ1v) is 8.47. The van der Waals surface area contributed by atoms with E-state index in [9.17, 15) is 4.79 Å². The van der Waals surface area contributed by atoms with Crippen LogP contribution in [0.2, 0.25) is 0 Å². The number of hydrogen-bond acceptors (Lipinski definition) is 6. The summed E-state index contributed by atoms with van der Waals surface area (Å²) >= 11 is 0. The number of hydroxylamine groups is 1. The number of benzene rings is 1. The highest BCUT2D eigenvalue weighted by atomic mass is 16.6. The molecule has 0 atom stereocenters. The molecular formula is C17H27N3O4. The molecule has 0 radical (unpaired) electrons. The van der Waals surface area contributed by atoms with Crippen molar-refractivity contribution in [3.05, 3.63) is 23.8 Å². The minimum Gasteiger partial charge on any atom is -0.494 e. The first-order chi connectivity index (χ1) is 11.7. The van der Waals surface area contributed by atoms with Gasteiger partial charge in [0.15, 0.2) is 0 Å². The van der Waals surface area contributed by atoms with Gasteiger partial charge in [-0.15, -0.1) is 0 Å². The maximum absolute atomic E-state index is 12.2. The highest BCUT2D eigenvalue weighted by Gasteiger charge is 2.14. The molecule has 0 aromatic heterocycles. The summed E-state index contributed by atoms with van der Waals surface area (Å²) in [6.45, 7) is 9.83. The van der Waals surface area contributed by atoms with Gasteiger partial charge in [-0.3, -0.25) is 14.5 Å². The topological polar surface area (TPSA) is 72.1 Å². The molecule has 0 saturated carbocycles. The summed E-state index contributed by atoms with van der Waals surface area (Å²) in [6.07, 6.45) is 0. The Morgan fingerprint density at radius 2 is 2.04 bits per heavy atom. The van der Waals surface area contributed by atoms with Crippen molar-refractivity contribution in [2.75, 3.05) is 57.9 Å². The summed E-state index contributed by atoms with van der Waals surface area (Å²) in [4.78, 5) is 19.6. The van der Waals surface area contributed by atoms with Crippen molar-refractivity contribution in [1.82, 2.24) is 10.4 Å². The average Bonchev–Trinajstić information content (AvgIpc) is 2.61. The van der Waals surface area contributed by atoms with Crippen molar-refractivity contribution in [1.29, 1.82) is 0 Å². The fourth-order valence-corrected chi connectivity index (χ4v) is 2.49. The molecule has 1 aliphatic heterocycles. The first-order valence-electron chi connectivity index (χ1n) is 8.47. The van der Waals surface area contributed by atoms with Gasteiger partial charge in [0.1, 0.15) is 5.75 Å². The third-order valence-electron chi connectivity index (χ3n) is 3.70. The van der Waals surface area contributed by atoms with E-state index in [1.54, 1.807) is 12.1 Å². The van der Waals surface area contributed by atoms with Gasteiger partial charge >= 0.3 is 0 Å². The van der Waals surface area contributed by atoms with E-state index in [1.165, 1.54) is 0 Å². The normalized spacial score (nSPS) is 15.1. The summed E-state index contributed by atoms with van der Waals surface area (Å²) in [6, 6.07) is 5.39. The summed E-state index contributed by atoms with van der Waals surface area (Å²) in [5.41, 5.74) is 3.71. The van der Waals surface area contributed by atoms with Gasteiger partial charge in [-0.2, -0.15) is 0 Å². The minimum atomic E-state index is -0.270. The maximum Gasteiger partial charge on any atom is 0.276 e. The Labute approximate surface area is 143 Å². The summed E-state index contributed by atoms with van der Waals surface area (Å²) in [5, 5.41) is 3.34. The molecule has 0 spiro atoms. The fourth-order valence-electron chi connectivity index (χ4n) is 2.49. The Bertz CT molecular complexity index is 519. The van der Waals surface area contributed by atoms with Crippen LogP contribution in [0.25, 0.3) is 0 Å². The number of amides is 1. The van der Waals surface area contributed by atoms with E-state index >= 15 is 0 Å². The molecule has 134 valence electrons. The van der Waals surface area contributed by atoms with Gasteiger partial charge in [0.05, 0.1) is 37.7 Å². The van der Waals surface area contributed by atoms with Crippen LogP contribution in [0.5, 0.6) is 5.75 Å². The number of ether oxygens (including phenoxy) is 2. The number of carbonyl (C=O) groups excluding carboxylic acids is 1. The quantitative estimate of drug-likeness (QED) is 0.666. The van der Waals surface area contributed by atoms with Crippen molar-refractivity contribution in [3.8, 4) is 5.75 Å². The standard InChI is InChI=1S/C17H27N3O4/c1-3-23-14-5-6-15(17(21)19-24-4-2)16(13-14)18-7-8-20-9-11-22-12-10-20/h5-6,13,18H,3-4,7-12H2,1-2H3,(H,19,21). The zero-order chi connectivity index (χ0) is 17.2. The molecule has 1 saturated heterocycles. The third-order valence-corrected chi connectivity index (χ3v) is 3.70. The van der Waals surface area contributed by atoms with Crippen LogP contribution in [0.3, 0.4) is 0 Å². The summed E-state index contributed by atoms with van der Waals surface area (Å²) in [5.74, 6) is 0.466. The number of anilines is 1. The molecule has 0 bridgehead atoms. The Hall–Kier alpha value is -1.83. The van der Waals surface area contributed by atoms with E-state index in [4.69, 9.17) is 14.3 Å². The van der Waals surface area contributed by atoms with E-state index in [0.29, 0.717) is 18.8 Å². The van der Waals surface area contributed by atoms with Crippen molar-refractivity contribution >= 4 is 11.6 Å². The van der Waals surface area contributed by atoms with Crippen LogP contribution in [-0.4, -0.2) is 63.4 Å². The molecule has 1 fully saturated rings. The van der Waals surface area contributed by atoms with Crippen LogP contribution < -0.4 is 15.5 Å². The maximum atomic E-state index is 12.2. The fraction of sp³-hybridized carbons (Fsp3) is 0.588. The van der Waals surface area contributed by atoms with Crippen molar-refractivity contribution < 1.29 is 19.1 Å². The second kappa shape index (κ2) is 10.1. The number of hydrogen-bond donors (Lipinski definition) is 2. The zero-order valence-corrected chi connectivity index (χ0v) is 14.5. The SMILES string of the molecule is CCONC(=O)c1ccc(OCC)cc1NCCN1CCOCC1. The van der Waals surface area contributed by atoms with Gasteiger partial charge in [-0.25, -0.2) is 5.48 Å². The first kappa shape index (κ1) is 18.5. The number of carbonyl (C=O) groups is 1. The highest BCUT2D eigenvalue weighted by molar-refractivity contribution is 5.99. The summed E-state index contributed by atoms with van der Waals surface area (Å²) < 4.78 is 10.9. The molecule has 0 aliphatic carbocycles. The van der Waals surface area contributed by atoms with Gasteiger partial charge in [0.25, 0.3) is 5.91 Å². The molecule has 2 rings (SSSR count). The summed E-state index contributed by atoms with van der Waals surface area (Å²) in [7, 11) is 0. The van der Waals surface area contributed by atoms with Gasteiger partial charge in [0.2, 0.25) is 0 Å². The Balaban J connectivity index is 1.99. The van der Waals surface area contributed by atoms with Gasteiger partial charge in [-0.1, -0.05) is 0 Å². The van der Waals surface area contributed by atoms with E-state index in [0.717, 1.165) is 50.8 Å². The van der Waals surface area contributed by atoms with Crippen LogP contribution >= 0.6 is 0 Å². The molecule has 1 aromatic rings. The molecular weight excluding hydrogens is 310 g/mol. The van der Waals surface area contributed by atoms with Gasteiger partial charge in [0, 0.05) is 32.2 Å². The smallest absolute Gasteiger partial charge is 0.276 e. The molecule has 1 heterocycles. The van der Waals surface area contributed by atoms with Crippen LogP contribution in [0.4, 0.5) is 5.69 Å². The van der Waals surface area contributed by atoms with Crippen LogP contribution in [0.15, 0.2) is 18.2 Å². The molecule has 2 N–H and O–H groups in total. The largest absolute Gasteiger partial charge is 0.494 e. The lowest BCUT2D eigenvalue weighted by molar-refractivity contribution is 0.0365. The minimum absolute atomic E-state index is 0.270. The zero-order valence-electron chi connectivity index (χ0n) is 14.5. The van der Waals surface area contributed by atoms with E-state index < -0.39 is 0 Å².